The van der Waals surface area contributed by atoms with Gasteiger partial charge in [-0.1, -0.05) is 12.1 Å². The molecule has 15 heavy (non-hydrogen) atoms. The molecule has 1 heterocycles. The maximum absolute atomic E-state index is 11.1. The second kappa shape index (κ2) is 4.64. The maximum atomic E-state index is 11.1. The molecule has 80 valence electrons. The fourth-order valence-corrected chi connectivity index (χ4v) is 1.67. The highest BCUT2D eigenvalue weighted by Crippen LogP contribution is 2.23. The monoisotopic (exact) mass is 226 g/mol. The van der Waals surface area contributed by atoms with Gasteiger partial charge in [-0.05, 0) is 23.7 Å². The van der Waals surface area contributed by atoms with Crippen LogP contribution in [-0.2, 0) is 4.74 Å². The van der Waals surface area contributed by atoms with Crippen molar-refractivity contribution in [2.45, 2.75) is 12.5 Å². The van der Waals surface area contributed by atoms with Crippen LogP contribution in [0.25, 0.3) is 0 Å². The number of rotatable bonds is 3. The number of benzene rings is 1. The minimum Gasteiger partial charge on any atom is -0.487 e. The van der Waals surface area contributed by atoms with E-state index in [0.717, 1.165) is 6.42 Å². The molecule has 2 rings (SSSR count). The van der Waals surface area contributed by atoms with Gasteiger partial charge in [0.15, 0.2) is 0 Å². The van der Waals surface area contributed by atoms with Crippen molar-refractivity contribution in [1.82, 2.24) is 0 Å². The Morgan fingerprint density at radius 1 is 1.47 bits per heavy atom. The van der Waals surface area contributed by atoms with Crippen LogP contribution in [0.15, 0.2) is 24.3 Å². The first-order chi connectivity index (χ1) is 7.27. The lowest BCUT2D eigenvalue weighted by molar-refractivity contribution is 0.106. The van der Waals surface area contributed by atoms with Crippen LogP contribution in [0.3, 0.4) is 0 Å². The fraction of sp³-hybridized carbons (Fsp3) is 0.364. The summed E-state index contributed by atoms with van der Waals surface area (Å²) >= 11 is 5.44. The Kier molecular flexibility index (Phi) is 3.23. The molecule has 0 radical (unpaired) electrons. The normalized spacial score (nSPS) is 20.2. The first kappa shape index (κ1) is 10.5. The van der Waals surface area contributed by atoms with Gasteiger partial charge in [0.05, 0.1) is 18.8 Å². The van der Waals surface area contributed by atoms with Gasteiger partial charge in [0, 0.05) is 6.42 Å². The number of halogens is 1. The zero-order chi connectivity index (χ0) is 10.7. The van der Waals surface area contributed by atoms with Gasteiger partial charge in [0.1, 0.15) is 11.9 Å². The molecular formula is C11H11ClO3. The van der Waals surface area contributed by atoms with E-state index in [1.54, 1.807) is 18.2 Å². The van der Waals surface area contributed by atoms with E-state index in [-0.39, 0.29) is 6.10 Å². The molecule has 0 saturated carbocycles. The summed E-state index contributed by atoms with van der Waals surface area (Å²) in [7, 11) is 0. The molecule has 0 amide bonds. The van der Waals surface area contributed by atoms with E-state index in [0.29, 0.717) is 24.5 Å². The lowest BCUT2D eigenvalue weighted by Crippen LogP contribution is -2.16. The Bertz CT molecular complexity index is 359. The number of hydrogen-bond donors (Lipinski definition) is 0. The van der Waals surface area contributed by atoms with Gasteiger partial charge in [-0.25, -0.2) is 0 Å². The van der Waals surface area contributed by atoms with Gasteiger partial charge in [-0.2, -0.15) is 0 Å². The van der Waals surface area contributed by atoms with Crippen LogP contribution in [0.4, 0.5) is 0 Å². The largest absolute Gasteiger partial charge is 0.487 e. The quantitative estimate of drug-likeness (QED) is 0.742. The number of carbonyl (C=O) groups excluding carboxylic acids is 1. The standard InChI is InChI=1S/C11H11ClO3/c12-11(13)9-3-1-2-4-10(9)15-8-5-6-14-7-8/h1-4,8H,5-7H2/t8-/m0/s1. The Balaban J connectivity index is 2.15. The van der Waals surface area contributed by atoms with E-state index in [2.05, 4.69) is 0 Å². The minimum absolute atomic E-state index is 0.0298. The number of ether oxygens (including phenoxy) is 2. The van der Waals surface area contributed by atoms with E-state index in [1.807, 2.05) is 6.07 Å². The molecule has 1 aliphatic rings. The van der Waals surface area contributed by atoms with Crippen molar-refractivity contribution in [3.8, 4) is 5.75 Å². The van der Waals surface area contributed by atoms with E-state index < -0.39 is 5.24 Å². The first-order valence-corrected chi connectivity index (χ1v) is 5.18. The smallest absolute Gasteiger partial charge is 0.256 e. The summed E-state index contributed by atoms with van der Waals surface area (Å²) in [5.41, 5.74) is 0.408. The van der Waals surface area contributed by atoms with E-state index >= 15 is 0 Å². The summed E-state index contributed by atoms with van der Waals surface area (Å²) in [6.45, 7) is 1.28. The number of carbonyl (C=O) groups is 1. The van der Waals surface area contributed by atoms with Crippen LogP contribution in [-0.4, -0.2) is 24.6 Å². The van der Waals surface area contributed by atoms with Gasteiger partial charge in [-0.3, -0.25) is 4.79 Å². The fourth-order valence-electron chi connectivity index (χ4n) is 1.52. The van der Waals surface area contributed by atoms with E-state index in [4.69, 9.17) is 21.1 Å². The van der Waals surface area contributed by atoms with Crippen molar-refractivity contribution in [3.05, 3.63) is 29.8 Å². The molecule has 1 atom stereocenters. The van der Waals surface area contributed by atoms with Crippen molar-refractivity contribution in [2.24, 2.45) is 0 Å². The lowest BCUT2D eigenvalue weighted by Gasteiger charge is -2.13. The van der Waals surface area contributed by atoms with Crippen molar-refractivity contribution in [1.29, 1.82) is 0 Å². The molecule has 0 aromatic heterocycles. The summed E-state index contributed by atoms with van der Waals surface area (Å²) in [6, 6.07) is 6.97. The van der Waals surface area contributed by atoms with Crippen LogP contribution in [0.1, 0.15) is 16.8 Å². The zero-order valence-electron chi connectivity index (χ0n) is 8.11. The average Bonchev–Trinajstić information content (AvgIpc) is 2.71. The Morgan fingerprint density at radius 2 is 2.27 bits per heavy atom. The molecule has 0 bridgehead atoms. The van der Waals surface area contributed by atoms with Crippen LogP contribution in [0.5, 0.6) is 5.75 Å². The molecule has 0 N–H and O–H groups in total. The van der Waals surface area contributed by atoms with Crippen molar-refractivity contribution < 1.29 is 14.3 Å². The van der Waals surface area contributed by atoms with Gasteiger partial charge < -0.3 is 9.47 Å². The third-order valence-corrected chi connectivity index (χ3v) is 2.48. The Morgan fingerprint density at radius 3 is 2.93 bits per heavy atom. The van der Waals surface area contributed by atoms with Gasteiger partial charge >= 0.3 is 0 Å². The molecule has 0 spiro atoms. The summed E-state index contributed by atoms with van der Waals surface area (Å²) < 4.78 is 10.8. The predicted molar refractivity (Wildman–Crippen MR) is 56.5 cm³/mol. The van der Waals surface area contributed by atoms with Crippen LogP contribution >= 0.6 is 11.6 Å². The number of para-hydroxylation sites is 1. The molecule has 1 saturated heterocycles. The Labute approximate surface area is 92.9 Å². The average molecular weight is 227 g/mol. The summed E-state index contributed by atoms with van der Waals surface area (Å²) in [6.07, 6.45) is 0.882. The molecule has 0 aliphatic carbocycles. The second-order valence-electron chi connectivity index (χ2n) is 3.37. The SMILES string of the molecule is O=C(Cl)c1ccccc1O[C@H]1CCOC1. The summed E-state index contributed by atoms with van der Waals surface area (Å²) in [5.74, 6) is 0.535. The van der Waals surface area contributed by atoms with Gasteiger partial charge in [0.2, 0.25) is 0 Å². The van der Waals surface area contributed by atoms with Gasteiger partial charge in [-0.15, -0.1) is 0 Å². The lowest BCUT2D eigenvalue weighted by atomic mass is 10.2. The number of hydrogen-bond acceptors (Lipinski definition) is 3. The zero-order valence-corrected chi connectivity index (χ0v) is 8.87. The molecule has 1 aliphatic heterocycles. The molecule has 1 fully saturated rings. The third-order valence-electron chi connectivity index (χ3n) is 2.28. The highest BCUT2D eigenvalue weighted by molar-refractivity contribution is 6.68. The molecule has 1 aromatic carbocycles. The van der Waals surface area contributed by atoms with Crippen molar-refractivity contribution in [2.75, 3.05) is 13.2 Å². The van der Waals surface area contributed by atoms with E-state index in [9.17, 15) is 4.79 Å². The molecule has 0 unspecified atom stereocenters. The molecule has 4 heteroatoms. The van der Waals surface area contributed by atoms with Crippen LogP contribution in [0, 0.1) is 0 Å². The minimum atomic E-state index is -0.496. The van der Waals surface area contributed by atoms with E-state index in [1.165, 1.54) is 0 Å². The third kappa shape index (κ3) is 2.49. The van der Waals surface area contributed by atoms with Crippen molar-refractivity contribution in [3.63, 3.8) is 0 Å². The maximum Gasteiger partial charge on any atom is 0.256 e. The topological polar surface area (TPSA) is 35.5 Å². The second-order valence-corrected chi connectivity index (χ2v) is 3.72. The summed E-state index contributed by atoms with van der Waals surface area (Å²) in [5, 5.41) is -0.496. The molecular weight excluding hydrogens is 216 g/mol. The highest BCUT2D eigenvalue weighted by Gasteiger charge is 2.19. The summed E-state index contributed by atoms with van der Waals surface area (Å²) in [4.78, 5) is 11.1. The highest BCUT2D eigenvalue weighted by atomic mass is 35.5. The van der Waals surface area contributed by atoms with Crippen LogP contribution in [0.2, 0.25) is 0 Å². The van der Waals surface area contributed by atoms with Crippen molar-refractivity contribution >= 4 is 16.8 Å². The molecule has 3 nitrogen and oxygen atoms in total. The van der Waals surface area contributed by atoms with Crippen LogP contribution < -0.4 is 4.74 Å². The first-order valence-electron chi connectivity index (χ1n) is 4.80. The Hall–Kier alpha value is -1.06. The van der Waals surface area contributed by atoms with Gasteiger partial charge in [0.25, 0.3) is 5.24 Å². The predicted octanol–water partition coefficient (Wildman–Crippen LogP) is 2.23. The molecule has 1 aromatic rings.